The molecule has 0 bridgehead atoms. The first-order valence-corrected chi connectivity index (χ1v) is 36.2. The molecule has 4 aliphatic heterocycles. The number of carbonyl (C=O) groups excluding carboxylic acids is 3. The largest absolute Gasteiger partial charge is 0.477 e. The third-order valence-electron chi connectivity index (χ3n) is 19.0. The number of hydrogen-bond acceptors (Lipinski definition) is 27. The number of carbonyl (C=O) groups is 5. The molecule has 3 unspecified atom stereocenters. The van der Waals surface area contributed by atoms with E-state index in [1.165, 1.54) is 96.3 Å². The van der Waals surface area contributed by atoms with Crippen LogP contribution in [0.2, 0.25) is 0 Å². The molecule has 0 saturated carbocycles. The van der Waals surface area contributed by atoms with Gasteiger partial charge >= 0.3 is 11.9 Å². The van der Waals surface area contributed by atoms with E-state index in [0.29, 0.717) is 12.8 Å². The van der Waals surface area contributed by atoms with E-state index in [-0.39, 0.29) is 12.3 Å². The first-order valence-electron chi connectivity index (χ1n) is 36.2. The zero-order chi connectivity index (χ0) is 74.1. The van der Waals surface area contributed by atoms with E-state index in [4.69, 9.17) is 37.9 Å². The Morgan fingerprint density at radius 3 is 1.47 bits per heavy atom. The van der Waals surface area contributed by atoms with Crippen molar-refractivity contribution >= 4 is 29.7 Å². The number of allylic oxidation sites excluding steroid dienone is 1. The van der Waals surface area contributed by atoms with E-state index in [9.17, 15) is 106 Å². The van der Waals surface area contributed by atoms with Crippen molar-refractivity contribution in [3.8, 4) is 0 Å². The second kappa shape index (κ2) is 46.2. The lowest BCUT2D eigenvalue weighted by molar-refractivity contribution is -0.388. The lowest BCUT2D eigenvalue weighted by atomic mass is 9.87. The van der Waals surface area contributed by atoms with Crippen LogP contribution in [0.3, 0.4) is 0 Å². The fraction of sp³-hybridized carbons (Fsp3) is 0.897. The van der Waals surface area contributed by atoms with Gasteiger partial charge in [0.25, 0.3) is 11.6 Å². The summed E-state index contributed by atoms with van der Waals surface area (Å²) in [6, 6.07) is -4.73. The number of aliphatic hydroxyl groups excluding tert-OH is 14. The Balaban J connectivity index is 1.52. The summed E-state index contributed by atoms with van der Waals surface area (Å²) in [6.07, 6.45) is -11.1. The third-order valence-corrected chi connectivity index (χ3v) is 19.0. The molecule has 0 aliphatic carbocycles. The van der Waals surface area contributed by atoms with Gasteiger partial charge in [0.15, 0.2) is 12.6 Å². The molecule has 32 heteroatoms. The minimum Gasteiger partial charge on any atom is -0.477 e. The van der Waals surface area contributed by atoms with Gasteiger partial charge in [-0.15, -0.1) is 0 Å². The van der Waals surface area contributed by atoms with Crippen molar-refractivity contribution in [2.75, 3.05) is 33.0 Å². The number of carboxylic acid groups (broad SMARTS) is 2. The Bertz CT molecular complexity index is 2370. The number of hydrogen-bond donors (Lipinski definition) is 19. The van der Waals surface area contributed by atoms with E-state index in [1.54, 1.807) is 6.08 Å². The SMILES string of the molecule is CCCCCCCCCCCCC/C=C/[C@@H](O)[C@H](CO[C@@H]1O[C@H](CO)[C@@H](O[C@@H]2O[C@H](CO)[C@H](O)[C@H](O[C@]3(C(=O)O)C[C@H](O)[C@@H](NC(C)=O)C([C@H](O)[C@@H](CO)O[C@]4(C(=O)O)C[C@H](O)[C@@H](NC(C)=O)C([C@H](O)[C@H](O)CO)O4)O3)[C@H]2O)[C@H](O)C1O)NC(=O)CCCCCCCCCCCCCCC. The van der Waals surface area contributed by atoms with Crippen molar-refractivity contribution in [1.29, 1.82) is 0 Å². The van der Waals surface area contributed by atoms with Crippen molar-refractivity contribution < 1.29 is 144 Å². The maximum atomic E-state index is 13.6. The molecule has 0 aromatic heterocycles. The summed E-state index contributed by atoms with van der Waals surface area (Å²) >= 11 is 0. The topological polar surface area (TPSA) is 519 Å². The third kappa shape index (κ3) is 27.3. The fourth-order valence-corrected chi connectivity index (χ4v) is 13.2. The lowest BCUT2D eigenvalue weighted by Crippen LogP contribution is -2.72. The summed E-state index contributed by atoms with van der Waals surface area (Å²) in [7, 11) is 0. The average molecular weight is 1440 g/mol. The van der Waals surface area contributed by atoms with Crippen LogP contribution in [0.5, 0.6) is 0 Å². The zero-order valence-electron chi connectivity index (χ0n) is 58.7. The second-order valence-corrected chi connectivity index (χ2v) is 27.2. The van der Waals surface area contributed by atoms with Gasteiger partial charge in [-0.25, -0.2) is 9.59 Å². The quantitative estimate of drug-likeness (QED) is 0.0271. The number of nitrogens with one attached hydrogen (secondary N) is 3. The molecule has 582 valence electrons. The maximum absolute atomic E-state index is 13.6. The molecule has 0 spiro atoms. The van der Waals surface area contributed by atoms with Crippen molar-refractivity contribution in [1.82, 2.24) is 16.0 Å². The molecule has 0 aromatic rings. The van der Waals surface area contributed by atoms with E-state index in [0.717, 1.165) is 65.2 Å². The molecule has 4 aliphatic rings. The summed E-state index contributed by atoms with van der Waals surface area (Å²) in [4.78, 5) is 64.9. The van der Waals surface area contributed by atoms with Gasteiger partial charge in [-0.05, 0) is 19.3 Å². The molecule has 4 saturated heterocycles. The summed E-state index contributed by atoms with van der Waals surface area (Å²) in [5.41, 5.74) is 0. The number of rotatable bonds is 50. The number of aliphatic hydroxyl groups is 14. The van der Waals surface area contributed by atoms with Crippen LogP contribution in [-0.4, -0.2) is 290 Å². The molecule has 4 rings (SSSR count). The zero-order valence-corrected chi connectivity index (χ0v) is 58.7. The second-order valence-electron chi connectivity index (χ2n) is 27.2. The summed E-state index contributed by atoms with van der Waals surface area (Å²) < 4.78 is 46.4. The van der Waals surface area contributed by atoms with E-state index in [1.807, 2.05) is 6.08 Å². The van der Waals surface area contributed by atoms with Gasteiger partial charge in [0.1, 0.15) is 85.5 Å². The summed E-state index contributed by atoms with van der Waals surface area (Å²) in [5, 5.41) is 185. The van der Waals surface area contributed by atoms with Crippen LogP contribution in [-0.2, 0) is 61.9 Å². The van der Waals surface area contributed by atoms with Crippen molar-refractivity contribution in [2.45, 2.75) is 354 Å². The van der Waals surface area contributed by atoms with Gasteiger partial charge in [-0.1, -0.05) is 167 Å². The fourth-order valence-electron chi connectivity index (χ4n) is 13.2. The van der Waals surface area contributed by atoms with Gasteiger partial charge in [-0.2, -0.15) is 0 Å². The molecule has 100 heavy (non-hydrogen) atoms. The van der Waals surface area contributed by atoms with Gasteiger partial charge in [-0.3, -0.25) is 14.4 Å². The molecule has 19 N–H and O–H groups in total. The standard InChI is InChI=1S/C68H121N3O29/c1-5-7-9-11-13-15-17-19-21-23-25-27-29-31-43(78)42(71-50(82)32-30-28-26-24-22-20-18-16-14-12-10-8-6-2)39-93-63-57(87)56(86)59(49(38-75)95-63)96-64-58(88)62(54(84)47(36-73)94-64)100-68(66(91)92)34-45(80)52(70-41(4)77)61(99-68)55(85)48(37-74)97-67(65(89)90)33-44(79)51(69-40(3)76)60(98-67)53(83)46(81)35-72/h29,31,42-49,51-64,72-75,78-81,83-88H,5-28,30,32-39H2,1-4H3,(H,69,76)(H,70,77)(H,71,82)(H,89,90)(H,91,92)/b31-29+/t42-,43+,44-,45-,46+,47+,48+,49+,51+,52+,53+,54-,55+,56+,57?,58+,59+,60?,61?,62-,63+,64-,67+,68-/m0/s1. The van der Waals surface area contributed by atoms with Crippen molar-refractivity contribution in [2.24, 2.45) is 0 Å². The molecule has 4 heterocycles. The Labute approximate surface area is 586 Å². The highest BCUT2D eigenvalue weighted by Gasteiger charge is 2.62. The Hall–Kier alpha value is -3.79. The average Bonchev–Trinajstić information content (AvgIpc) is 0.757. The lowest BCUT2D eigenvalue weighted by Gasteiger charge is -2.51. The minimum absolute atomic E-state index is 0.155. The van der Waals surface area contributed by atoms with Gasteiger partial charge in [0.2, 0.25) is 17.7 Å². The molecule has 32 nitrogen and oxygen atoms in total. The number of unbranched alkanes of at least 4 members (excludes halogenated alkanes) is 23. The van der Waals surface area contributed by atoms with Crippen LogP contribution in [0.15, 0.2) is 12.2 Å². The maximum Gasteiger partial charge on any atom is 0.364 e. The predicted molar refractivity (Wildman–Crippen MR) is 354 cm³/mol. The van der Waals surface area contributed by atoms with Crippen LogP contribution >= 0.6 is 0 Å². The number of carboxylic acids is 2. The Kier molecular flexibility index (Phi) is 41.0. The van der Waals surface area contributed by atoms with E-state index in [2.05, 4.69) is 29.8 Å². The highest BCUT2D eigenvalue weighted by Crippen LogP contribution is 2.41. The Morgan fingerprint density at radius 1 is 0.540 bits per heavy atom. The van der Waals surface area contributed by atoms with Crippen LogP contribution in [0, 0.1) is 0 Å². The number of ether oxygens (including phenoxy) is 8. The normalized spacial score (nSPS) is 32.1. The highest BCUT2D eigenvalue weighted by atomic mass is 16.8. The first-order chi connectivity index (χ1) is 47.7. The number of amides is 3. The highest BCUT2D eigenvalue weighted by molar-refractivity contribution is 5.78. The molecule has 4 fully saturated rings. The van der Waals surface area contributed by atoms with Crippen LogP contribution in [0.1, 0.15) is 207 Å². The summed E-state index contributed by atoms with van der Waals surface area (Å²) in [5.74, 6) is -13.1. The monoisotopic (exact) mass is 1440 g/mol. The molecular formula is C68H121N3O29. The van der Waals surface area contributed by atoms with Crippen molar-refractivity contribution in [3.63, 3.8) is 0 Å². The van der Waals surface area contributed by atoms with Crippen LogP contribution in [0.25, 0.3) is 0 Å². The van der Waals surface area contributed by atoms with Gasteiger partial charge in [0, 0.05) is 33.1 Å². The number of aliphatic carboxylic acids is 2. The van der Waals surface area contributed by atoms with Crippen LogP contribution < -0.4 is 16.0 Å². The smallest absolute Gasteiger partial charge is 0.364 e. The molecule has 24 atom stereocenters. The summed E-state index contributed by atoms with van der Waals surface area (Å²) in [6.45, 7) is 1.08. The van der Waals surface area contributed by atoms with E-state index >= 15 is 0 Å². The molecule has 0 aromatic carbocycles. The van der Waals surface area contributed by atoms with Gasteiger partial charge < -0.3 is 136 Å². The van der Waals surface area contributed by atoms with Crippen LogP contribution in [0.4, 0.5) is 0 Å². The van der Waals surface area contributed by atoms with Crippen molar-refractivity contribution in [3.05, 3.63) is 12.2 Å². The minimum atomic E-state index is -3.39. The van der Waals surface area contributed by atoms with Gasteiger partial charge in [0.05, 0.1) is 69.5 Å². The molecule has 3 amide bonds. The van der Waals surface area contributed by atoms with E-state index < -0.39 is 216 Å². The molecular weight excluding hydrogens is 1320 g/mol. The predicted octanol–water partition coefficient (Wildman–Crippen LogP) is -0.441. The Morgan fingerprint density at radius 2 is 1.00 bits per heavy atom. The molecule has 0 radical (unpaired) electrons. The first kappa shape index (κ1) is 88.6.